The standard InChI is InChI=1S/C18H14O.Zn/c19-18-16(14-8-3-1-4-9-14)12-7-13-17(18)15-10-5-2-6-11-15;/h1-13,19H;/q;+1/p-1. The first-order valence-corrected chi connectivity index (χ1v) is 7.77. The molecule has 0 bridgehead atoms. The van der Waals surface area contributed by atoms with Crippen LogP contribution in [0.2, 0.25) is 0 Å². The molecule has 0 saturated heterocycles. The summed E-state index contributed by atoms with van der Waals surface area (Å²) in [5, 5.41) is 0. The minimum absolute atomic E-state index is 0.781. The average molecular weight is 311 g/mol. The molecule has 3 aromatic carbocycles. The molecule has 93 valence electrons. The van der Waals surface area contributed by atoms with Gasteiger partial charge in [-0.2, -0.15) is 0 Å². The van der Waals surface area contributed by atoms with Gasteiger partial charge >= 0.3 is 129 Å². The van der Waals surface area contributed by atoms with Crippen molar-refractivity contribution in [3.8, 4) is 28.0 Å². The molecule has 2 heteroatoms. The molecule has 0 aliphatic rings. The van der Waals surface area contributed by atoms with Crippen LogP contribution in [0.15, 0.2) is 78.9 Å². The molecule has 0 N–H and O–H groups in total. The van der Waals surface area contributed by atoms with Crippen LogP contribution in [0.1, 0.15) is 0 Å². The number of hydrogen-bond acceptors (Lipinski definition) is 1. The third-order valence-corrected chi connectivity index (χ3v) is 3.93. The van der Waals surface area contributed by atoms with Crippen molar-refractivity contribution in [2.75, 3.05) is 0 Å². The zero-order valence-corrected chi connectivity index (χ0v) is 14.1. The molecule has 0 heterocycles. The number of para-hydroxylation sites is 1. The van der Waals surface area contributed by atoms with Gasteiger partial charge in [0.1, 0.15) is 0 Å². The van der Waals surface area contributed by atoms with E-state index in [1.807, 2.05) is 12.1 Å². The SMILES string of the molecule is [Zn][O]c1c(-c2ccccc2)cccc1-c1ccccc1. The number of rotatable bonds is 3. The molecule has 0 saturated carbocycles. The summed E-state index contributed by atoms with van der Waals surface area (Å²) in [6, 6.07) is 27.1. The number of hydrogen-bond donors (Lipinski definition) is 0. The number of benzene rings is 3. The summed E-state index contributed by atoms with van der Waals surface area (Å²) in [6.07, 6.45) is 0. The molecule has 0 aliphatic heterocycles. The molecule has 3 aromatic rings. The minimum atomic E-state index is 0.781. The molecule has 0 amide bonds. The normalized spacial score (nSPS) is 10.3. The quantitative estimate of drug-likeness (QED) is 0.628. The molecule has 0 aromatic heterocycles. The van der Waals surface area contributed by atoms with Gasteiger partial charge < -0.3 is 0 Å². The van der Waals surface area contributed by atoms with Gasteiger partial charge in [0, 0.05) is 0 Å². The Hall–Kier alpha value is -1.92. The first-order chi connectivity index (χ1) is 9.90. The predicted octanol–water partition coefficient (Wildman–Crippen LogP) is 4.86. The molecular formula is C18H13OZn. The van der Waals surface area contributed by atoms with E-state index in [0.29, 0.717) is 0 Å². The van der Waals surface area contributed by atoms with Gasteiger partial charge in [0.05, 0.1) is 0 Å². The van der Waals surface area contributed by atoms with Crippen LogP contribution in [0.25, 0.3) is 22.3 Å². The summed E-state index contributed by atoms with van der Waals surface area (Å²) in [4.78, 5) is 0. The topological polar surface area (TPSA) is 9.23 Å². The summed E-state index contributed by atoms with van der Waals surface area (Å²) in [7, 11) is 0. The van der Waals surface area contributed by atoms with Crippen molar-refractivity contribution < 1.29 is 22.2 Å². The van der Waals surface area contributed by atoms with E-state index in [9.17, 15) is 0 Å². The second-order valence-corrected chi connectivity index (χ2v) is 5.16. The van der Waals surface area contributed by atoms with E-state index in [1.165, 1.54) is 11.1 Å². The maximum atomic E-state index is 5.81. The van der Waals surface area contributed by atoms with Crippen molar-refractivity contribution in [3.05, 3.63) is 78.9 Å². The Kier molecular flexibility index (Phi) is 3.94. The molecule has 3 rings (SSSR count). The Labute approximate surface area is 129 Å². The Balaban J connectivity index is 2.19. The third-order valence-electron chi connectivity index (χ3n) is 3.33. The Bertz CT molecular complexity index is 635. The first-order valence-electron chi connectivity index (χ1n) is 6.56. The molecule has 0 radical (unpaired) electrons. The van der Waals surface area contributed by atoms with Crippen LogP contribution in [0.4, 0.5) is 0 Å². The maximum absolute atomic E-state index is 5.81. The molecular weight excluding hydrogens is 298 g/mol. The van der Waals surface area contributed by atoms with Crippen LogP contribution in [-0.2, 0) is 18.7 Å². The van der Waals surface area contributed by atoms with Crippen LogP contribution < -0.4 is 3.56 Å². The summed E-state index contributed by atoms with van der Waals surface area (Å²) < 4.78 is 5.81. The molecule has 0 aliphatic carbocycles. The first kappa shape index (κ1) is 13.1. The van der Waals surface area contributed by atoms with Crippen LogP contribution >= 0.6 is 0 Å². The fraction of sp³-hybridized carbons (Fsp3) is 0. The van der Waals surface area contributed by atoms with E-state index in [1.54, 1.807) is 0 Å². The second kappa shape index (κ2) is 6.02. The molecule has 0 unspecified atom stereocenters. The van der Waals surface area contributed by atoms with Gasteiger partial charge in [-0.15, -0.1) is 0 Å². The van der Waals surface area contributed by atoms with Crippen LogP contribution in [0.5, 0.6) is 5.75 Å². The molecule has 20 heavy (non-hydrogen) atoms. The summed E-state index contributed by atoms with van der Waals surface area (Å²) in [5.74, 6) is 0.977. The van der Waals surface area contributed by atoms with E-state index >= 15 is 0 Å². The van der Waals surface area contributed by atoms with Gasteiger partial charge in [0.15, 0.2) is 0 Å². The van der Waals surface area contributed by atoms with Gasteiger partial charge in [-0.25, -0.2) is 0 Å². The van der Waals surface area contributed by atoms with Gasteiger partial charge in [-0.05, 0) is 0 Å². The monoisotopic (exact) mass is 309 g/mol. The van der Waals surface area contributed by atoms with Gasteiger partial charge in [-0.3, -0.25) is 0 Å². The summed E-state index contributed by atoms with van der Waals surface area (Å²) in [5.41, 5.74) is 4.68. The average Bonchev–Trinajstić information content (AvgIpc) is 2.55. The molecule has 0 fully saturated rings. The summed E-state index contributed by atoms with van der Waals surface area (Å²) >= 11 is 0.781. The van der Waals surface area contributed by atoms with Gasteiger partial charge in [0.2, 0.25) is 0 Å². The van der Waals surface area contributed by atoms with Crippen molar-refractivity contribution >= 4 is 0 Å². The zero-order valence-electron chi connectivity index (χ0n) is 11.1. The van der Waals surface area contributed by atoms with E-state index in [4.69, 9.17) is 3.56 Å². The van der Waals surface area contributed by atoms with E-state index < -0.39 is 0 Å². The fourth-order valence-electron chi connectivity index (χ4n) is 2.38. The third kappa shape index (κ3) is 2.52. The van der Waals surface area contributed by atoms with E-state index in [2.05, 4.69) is 66.7 Å². The summed E-state index contributed by atoms with van der Waals surface area (Å²) in [6.45, 7) is 0. The van der Waals surface area contributed by atoms with Crippen molar-refractivity contribution in [1.29, 1.82) is 0 Å². The van der Waals surface area contributed by atoms with Crippen LogP contribution in [-0.4, -0.2) is 0 Å². The van der Waals surface area contributed by atoms with Crippen LogP contribution in [0, 0.1) is 0 Å². The Morgan fingerprint density at radius 3 is 1.40 bits per heavy atom. The second-order valence-electron chi connectivity index (χ2n) is 4.56. The molecule has 0 atom stereocenters. The Morgan fingerprint density at radius 1 is 0.550 bits per heavy atom. The van der Waals surface area contributed by atoms with E-state index in [0.717, 1.165) is 35.5 Å². The van der Waals surface area contributed by atoms with Gasteiger partial charge in [-0.1, -0.05) is 0 Å². The van der Waals surface area contributed by atoms with Crippen molar-refractivity contribution in [2.24, 2.45) is 0 Å². The van der Waals surface area contributed by atoms with Crippen molar-refractivity contribution in [3.63, 3.8) is 0 Å². The molecule has 0 spiro atoms. The van der Waals surface area contributed by atoms with Crippen molar-refractivity contribution in [2.45, 2.75) is 0 Å². The van der Waals surface area contributed by atoms with Crippen LogP contribution in [0.3, 0.4) is 0 Å². The van der Waals surface area contributed by atoms with Crippen molar-refractivity contribution in [1.82, 2.24) is 0 Å². The molecule has 1 nitrogen and oxygen atoms in total. The van der Waals surface area contributed by atoms with E-state index in [-0.39, 0.29) is 0 Å². The Morgan fingerprint density at radius 2 is 1.00 bits per heavy atom. The fourth-order valence-corrected chi connectivity index (χ4v) is 3.04. The zero-order chi connectivity index (χ0) is 13.8. The predicted molar refractivity (Wildman–Crippen MR) is 77.9 cm³/mol. The van der Waals surface area contributed by atoms with Gasteiger partial charge in [0.25, 0.3) is 0 Å².